The van der Waals surface area contributed by atoms with Crippen LogP contribution in [0.2, 0.25) is 0 Å². The Hall–Kier alpha value is -1.09. The first-order valence-electron chi connectivity index (χ1n) is 7.14. The van der Waals surface area contributed by atoms with Crippen molar-refractivity contribution in [3.8, 4) is 0 Å². The van der Waals surface area contributed by atoms with Gasteiger partial charge in [-0.1, -0.05) is 32.8 Å². The van der Waals surface area contributed by atoms with Gasteiger partial charge in [-0.25, -0.2) is 4.98 Å². The fourth-order valence-electron chi connectivity index (χ4n) is 2.92. The van der Waals surface area contributed by atoms with Crippen molar-refractivity contribution in [2.75, 3.05) is 18.0 Å². The predicted octanol–water partition coefficient (Wildman–Crippen LogP) is 2.95. The van der Waals surface area contributed by atoms with Gasteiger partial charge < -0.3 is 10.6 Å². The van der Waals surface area contributed by atoms with Crippen LogP contribution in [0, 0.1) is 5.41 Å². The Labute approximate surface area is 110 Å². The van der Waals surface area contributed by atoms with Crippen molar-refractivity contribution in [2.45, 2.75) is 46.1 Å². The second kappa shape index (κ2) is 5.70. The molecule has 0 spiro atoms. The molecule has 0 atom stereocenters. The summed E-state index contributed by atoms with van der Waals surface area (Å²) in [6, 6.07) is 6.16. The van der Waals surface area contributed by atoms with Crippen LogP contribution in [0.5, 0.6) is 0 Å². The SMILES string of the molecule is CCC1(CC)CCN(c2cccc(CN)n2)CC1. The third-order valence-electron chi connectivity index (χ3n) is 4.65. The zero-order chi connectivity index (χ0) is 13.0. The molecular formula is C15H25N3. The maximum atomic E-state index is 5.65. The van der Waals surface area contributed by atoms with E-state index in [0.29, 0.717) is 12.0 Å². The maximum absolute atomic E-state index is 5.65. The number of nitrogens with zero attached hydrogens (tertiary/aromatic N) is 2. The van der Waals surface area contributed by atoms with Crippen LogP contribution in [-0.2, 0) is 6.54 Å². The van der Waals surface area contributed by atoms with E-state index in [-0.39, 0.29) is 0 Å². The summed E-state index contributed by atoms with van der Waals surface area (Å²) in [6.45, 7) is 7.43. The van der Waals surface area contributed by atoms with Gasteiger partial charge in [0.1, 0.15) is 5.82 Å². The van der Waals surface area contributed by atoms with Crippen molar-refractivity contribution >= 4 is 5.82 Å². The summed E-state index contributed by atoms with van der Waals surface area (Å²) in [5.74, 6) is 1.10. The van der Waals surface area contributed by atoms with Gasteiger partial charge in [-0.05, 0) is 30.4 Å². The molecule has 1 aliphatic rings. The Bertz CT molecular complexity index is 375. The summed E-state index contributed by atoms with van der Waals surface area (Å²) in [6.07, 6.45) is 5.17. The summed E-state index contributed by atoms with van der Waals surface area (Å²) in [7, 11) is 0. The molecule has 18 heavy (non-hydrogen) atoms. The molecule has 0 aromatic carbocycles. The maximum Gasteiger partial charge on any atom is 0.128 e. The molecule has 0 aliphatic carbocycles. The van der Waals surface area contributed by atoms with Gasteiger partial charge in [0, 0.05) is 19.6 Å². The molecule has 1 aromatic rings. The van der Waals surface area contributed by atoms with Crippen LogP contribution >= 0.6 is 0 Å². The van der Waals surface area contributed by atoms with Crippen LogP contribution in [0.4, 0.5) is 5.82 Å². The van der Waals surface area contributed by atoms with E-state index in [2.05, 4.69) is 35.9 Å². The quantitative estimate of drug-likeness (QED) is 0.889. The Balaban J connectivity index is 2.04. The Kier molecular flexibility index (Phi) is 4.23. The van der Waals surface area contributed by atoms with E-state index < -0.39 is 0 Å². The zero-order valence-corrected chi connectivity index (χ0v) is 11.7. The second-order valence-corrected chi connectivity index (χ2v) is 5.39. The van der Waals surface area contributed by atoms with Gasteiger partial charge in [-0.2, -0.15) is 0 Å². The minimum absolute atomic E-state index is 0.523. The standard InChI is InChI=1S/C15H25N3/c1-3-15(4-2)8-10-18(11-9-15)14-7-5-6-13(12-16)17-14/h5-7H,3-4,8-12,16H2,1-2H3. The van der Waals surface area contributed by atoms with Crippen molar-refractivity contribution in [3.63, 3.8) is 0 Å². The topological polar surface area (TPSA) is 42.1 Å². The number of rotatable bonds is 4. The molecule has 1 aromatic heterocycles. The van der Waals surface area contributed by atoms with E-state index in [9.17, 15) is 0 Å². The van der Waals surface area contributed by atoms with Crippen LogP contribution in [0.25, 0.3) is 0 Å². The molecule has 3 heteroatoms. The highest BCUT2D eigenvalue weighted by molar-refractivity contribution is 5.39. The minimum Gasteiger partial charge on any atom is -0.357 e. The summed E-state index contributed by atoms with van der Waals surface area (Å²) in [5, 5.41) is 0. The van der Waals surface area contributed by atoms with E-state index in [1.807, 2.05) is 6.07 Å². The fourth-order valence-corrected chi connectivity index (χ4v) is 2.92. The molecule has 3 nitrogen and oxygen atoms in total. The number of aromatic nitrogens is 1. The molecule has 1 saturated heterocycles. The van der Waals surface area contributed by atoms with E-state index in [4.69, 9.17) is 5.73 Å². The van der Waals surface area contributed by atoms with Gasteiger partial charge in [0.25, 0.3) is 0 Å². The number of nitrogens with two attached hydrogens (primary N) is 1. The van der Waals surface area contributed by atoms with E-state index >= 15 is 0 Å². The van der Waals surface area contributed by atoms with E-state index in [1.165, 1.54) is 25.7 Å². The van der Waals surface area contributed by atoms with Gasteiger partial charge in [0.2, 0.25) is 0 Å². The van der Waals surface area contributed by atoms with Gasteiger partial charge in [-0.15, -0.1) is 0 Å². The minimum atomic E-state index is 0.523. The normalized spacial score (nSPS) is 18.9. The Morgan fingerprint density at radius 2 is 1.89 bits per heavy atom. The summed E-state index contributed by atoms with van der Waals surface area (Å²) in [4.78, 5) is 7.02. The molecule has 1 fully saturated rings. The molecular weight excluding hydrogens is 222 g/mol. The van der Waals surface area contributed by atoms with Crippen molar-refractivity contribution in [1.29, 1.82) is 0 Å². The van der Waals surface area contributed by atoms with E-state index in [1.54, 1.807) is 0 Å². The van der Waals surface area contributed by atoms with Gasteiger partial charge >= 0.3 is 0 Å². The lowest BCUT2D eigenvalue weighted by atomic mass is 9.74. The number of hydrogen-bond donors (Lipinski definition) is 1. The number of pyridine rings is 1. The van der Waals surface area contributed by atoms with Crippen molar-refractivity contribution in [2.24, 2.45) is 11.1 Å². The van der Waals surface area contributed by atoms with Gasteiger partial charge in [0.15, 0.2) is 0 Å². The van der Waals surface area contributed by atoms with Crippen molar-refractivity contribution < 1.29 is 0 Å². The molecule has 0 bridgehead atoms. The zero-order valence-electron chi connectivity index (χ0n) is 11.7. The van der Waals surface area contributed by atoms with Crippen LogP contribution in [0.3, 0.4) is 0 Å². The smallest absolute Gasteiger partial charge is 0.128 e. The molecule has 1 aliphatic heterocycles. The van der Waals surface area contributed by atoms with Crippen LogP contribution in [0.1, 0.15) is 45.2 Å². The third-order valence-corrected chi connectivity index (χ3v) is 4.65. The largest absolute Gasteiger partial charge is 0.357 e. The molecule has 0 radical (unpaired) electrons. The molecule has 2 heterocycles. The van der Waals surface area contributed by atoms with Crippen LogP contribution in [-0.4, -0.2) is 18.1 Å². The highest BCUT2D eigenvalue weighted by Crippen LogP contribution is 2.38. The van der Waals surface area contributed by atoms with Crippen molar-refractivity contribution in [3.05, 3.63) is 23.9 Å². The third kappa shape index (κ3) is 2.66. The average molecular weight is 247 g/mol. The van der Waals surface area contributed by atoms with Crippen LogP contribution < -0.4 is 10.6 Å². The monoisotopic (exact) mass is 247 g/mol. The Morgan fingerprint density at radius 1 is 1.22 bits per heavy atom. The predicted molar refractivity (Wildman–Crippen MR) is 76.6 cm³/mol. The molecule has 100 valence electrons. The lowest BCUT2D eigenvalue weighted by Crippen LogP contribution is -2.40. The lowest BCUT2D eigenvalue weighted by molar-refractivity contribution is 0.199. The van der Waals surface area contributed by atoms with Crippen LogP contribution in [0.15, 0.2) is 18.2 Å². The molecule has 2 rings (SSSR count). The first-order chi connectivity index (χ1) is 8.73. The second-order valence-electron chi connectivity index (χ2n) is 5.39. The van der Waals surface area contributed by atoms with Gasteiger partial charge in [0.05, 0.1) is 5.69 Å². The first kappa shape index (κ1) is 13.3. The highest BCUT2D eigenvalue weighted by Gasteiger charge is 2.31. The Morgan fingerprint density at radius 3 is 2.44 bits per heavy atom. The summed E-state index contributed by atoms with van der Waals surface area (Å²) >= 11 is 0. The average Bonchev–Trinajstić information content (AvgIpc) is 2.47. The van der Waals surface area contributed by atoms with Crippen molar-refractivity contribution in [1.82, 2.24) is 4.98 Å². The molecule has 0 unspecified atom stereocenters. The lowest BCUT2D eigenvalue weighted by Gasteiger charge is -2.41. The summed E-state index contributed by atoms with van der Waals surface area (Å²) in [5.41, 5.74) is 7.21. The fraction of sp³-hybridized carbons (Fsp3) is 0.667. The molecule has 0 saturated carbocycles. The number of hydrogen-bond acceptors (Lipinski definition) is 3. The first-order valence-corrected chi connectivity index (χ1v) is 7.14. The van der Waals surface area contributed by atoms with E-state index in [0.717, 1.165) is 24.6 Å². The summed E-state index contributed by atoms with van der Waals surface area (Å²) < 4.78 is 0. The number of piperidine rings is 1. The number of anilines is 1. The van der Waals surface area contributed by atoms with Gasteiger partial charge in [-0.3, -0.25) is 0 Å². The molecule has 2 N–H and O–H groups in total. The molecule has 0 amide bonds. The highest BCUT2D eigenvalue weighted by atomic mass is 15.2.